The van der Waals surface area contributed by atoms with Gasteiger partial charge in [-0.3, -0.25) is 0 Å². The van der Waals surface area contributed by atoms with Gasteiger partial charge in [0.1, 0.15) is 0 Å². The summed E-state index contributed by atoms with van der Waals surface area (Å²) < 4.78 is 43.5. The third-order valence-electron chi connectivity index (χ3n) is 3.92. The van der Waals surface area contributed by atoms with Crippen LogP contribution in [0.3, 0.4) is 0 Å². The molecule has 6 heteroatoms. The van der Waals surface area contributed by atoms with Gasteiger partial charge in [-0.1, -0.05) is 30.0 Å². The lowest BCUT2D eigenvalue weighted by molar-refractivity contribution is -0.137. The topological polar surface area (TPSA) is 24.9 Å². The second kappa shape index (κ2) is 7.90. The van der Waals surface area contributed by atoms with Crippen molar-refractivity contribution < 1.29 is 13.2 Å². The van der Waals surface area contributed by atoms with E-state index in [0.717, 1.165) is 47.2 Å². The van der Waals surface area contributed by atoms with Crippen LogP contribution in [0.1, 0.15) is 24.0 Å². The van der Waals surface area contributed by atoms with E-state index in [-0.39, 0.29) is 0 Å². The Bertz CT molecular complexity index is 947. The van der Waals surface area contributed by atoms with Crippen molar-refractivity contribution in [2.75, 3.05) is 13.6 Å². The molecule has 2 aromatic carbocycles. The zero-order valence-corrected chi connectivity index (χ0v) is 15.0. The molecule has 2 nitrogen and oxygen atoms in total. The van der Waals surface area contributed by atoms with Gasteiger partial charge >= 0.3 is 6.18 Å². The number of benzene rings is 2. The fraction of sp³-hybridized carbons (Fsp3) is 0.250. The number of aromatic nitrogens is 1. The van der Waals surface area contributed by atoms with Crippen LogP contribution in [0.4, 0.5) is 13.2 Å². The van der Waals surface area contributed by atoms with Gasteiger partial charge in [-0.2, -0.15) is 17.5 Å². The minimum absolute atomic E-state index is 0.656. The number of unbranched alkanes of at least 4 members (excludes halogenated alkanes) is 1. The van der Waals surface area contributed by atoms with Crippen LogP contribution >= 0.6 is 11.5 Å². The van der Waals surface area contributed by atoms with E-state index in [4.69, 9.17) is 0 Å². The maximum absolute atomic E-state index is 12.7. The van der Waals surface area contributed by atoms with E-state index in [1.165, 1.54) is 23.7 Å². The van der Waals surface area contributed by atoms with Gasteiger partial charge in [0.2, 0.25) is 0 Å². The Morgan fingerprint density at radius 3 is 2.58 bits per heavy atom. The van der Waals surface area contributed by atoms with Crippen molar-refractivity contribution in [1.29, 1.82) is 0 Å². The molecule has 0 bridgehead atoms. The van der Waals surface area contributed by atoms with E-state index < -0.39 is 11.7 Å². The van der Waals surface area contributed by atoms with E-state index in [1.54, 1.807) is 0 Å². The number of alkyl halides is 3. The number of hydrogen-bond acceptors (Lipinski definition) is 3. The molecule has 0 amide bonds. The summed E-state index contributed by atoms with van der Waals surface area (Å²) in [5.74, 6) is 6.29. The van der Waals surface area contributed by atoms with Crippen molar-refractivity contribution in [3.05, 3.63) is 53.6 Å². The van der Waals surface area contributed by atoms with Crippen LogP contribution in [0.2, 0.25) is 0 Å². The lowest BCUT2D eigenvalue weighted by Gasteiger charge is -2.06. The van der Waals surface area contributed by atoms with E-state index >= 15 is 0 Å². The molecular formula is C20H17F3N2S. The average Bonchev–Trinajstić information content (AvgIpc) is 3.04. The SMILES string of the molecule is CNCCCC#Cc1ccc2c(-c3ccc(C(F)(F)F)cc3)nsc2c1. The standard InChI is InChI=1S/C20H17F3N2S/c1-24-12-4-2-3-5-14-6-11-17-18(13-14)26-25-19(17)15-7-9-16(10-8-15)20(21,22)23/h6-11,13,24H,2,4,12H2,1H3. The Labute approximate surface area is 154 Å². The normalized spacial score (nSPS) is 11.4. The molecule has 0 fully saturated rings. The molecule has 0 unspecified atom stereocenters. The number of nitrogens with one attached hydrogen (secondary N) is 1. The molecular weight excluding hydrogens is 357 g/mol. The van der Waals surface area contributed by atoms with Gasteiger partial charge in [0.05, 0.1) is 16.0 Å². The monoisotopic (exact) mass is 374 g/mol. The van der Waals surface area contributed by atoms with Crippen LogP contribution in [-0.2, 0) is 6.18 Å². The summed E-state index contributed by atoms with van der Waals surface area (Å²) in [6, 6.07) is 10.9. The van der Waals surface area contributed by atoms with Crippen molar-refractivity contribution in [2.24, 2.45) is 0 Å². The maximum atomic E-state index is 12.7. The van der Waals surface area contributed by atoms with Gasteiger partial charge < -0.3 is 5.32 Å². The first-order valence-electron chi connectivity index (χ1n) is 8.19. The summed E-state index contributed by atoms with van der Waals surface area (Å²) in [5, 5.41) is 4.01. The van der Waals surface area contributed by atoms with Crippen LogP contribution in [0, 0.1) is 11.8 Å². The van der Waals surface area contributed by atoms with Crippen LogP contribution in [0.5, 0.6) is 0 Å². The van der Waals surface area contributed by atoms with Crippen molar-refractivity contribution in [1.82, 2.24) is 9.69 Å². The quantitative estimate of drug-likeness (QED) is 0.493. The van der Waals surface area contributed by atoms with Crippen molar-refractivity contribution in [2.45, 2.75) is 19.0 Å². The molecule has 0 saturated carbocycles. The molecule has 134 valence electrons. The van der Waals surface area contributed by atoms with E-state index in [0.29, 0.717) is 11.3 Å². The van der Waals surface area contributed by atoms with Crippen LogP contribution in [-0.4, -0.2) is 18.0 Å². The van der Waals surface area contributed by atoms with Crippen molar-refractivity contribution >= 4 is 21.6 Å². The van der Waals surface area contributed by atoms with E-state index in [1.807, 2.05) is 25.2 Å². The molecule has 0 saturated heterocycles. The Morgan fingerprint density at radius 2 is 1.88 bits per heavy atom. The molecule has 1 heterocycles. The summed E-state index contributed by atoms with van der Waals surface area (Å²) >= 11 is 1.33. The van der Waals surface area contributed by atoms with Gasteiger partial charge in [0.15, 0.2) is 0 Å². The van der Waals surface area contributed by atoms with Gasteiger partial charge in [-0.05, 0) is 55.8 Å². The molecule has 1 N–H and O–H groups in total. The molecule has 0 atom stereocenters. The lowest BCUT2D eigenvalue weighted by atomic mass is 10.0. The Hall–Kier alpha value is -2.36. The minimum atomic E-state index is -4.33. The predicted molar refractivity (Wildman–Crippen MR) is 100 cm³/mol. The van der Waals surface area contributed by atoms with Crippen LogP contribution < -0.4 is 5.32 Å². The highest BCUT2D eigenvalue weighted by molar-refractivity contribution is 7.13. The largest absolute Gasteiger partial charge is 0.416 e. The number of rotatable bonds is 4. The fourth-order valence-electron chi connectivity index (χ4n) is 2.56. The van der Waals surface area contributed by atoms with Crippen LogP contribution in [0.15, 0.2) is 42.5 Å². The third kappa shape index (κ3) is 4.24. The minimum Gasteiger partial charge on any atom is -0.320 e. The van der Waals surface area contributed by atoms with Gasteiger partial charge in [-0.15, -0.1) is 0 Å². The number of halogens is 3. The second-order valence-electron chi connectivity index (χ2n) is 5.83. The molecule has 1 aromatic heterocycles. The number of fused-ring (bicyclic) bond motifs is 1. The highest BCUT2D eigenvalue weighted by Gasteiger charge is 2.30. The van der Waals surface area contributed by atoms with Crippen molar-refractivity contribution in [3.63, 3.8) is 0 Å². The summed E-state index contributed by atoms with van der Waals surface area (Å²) in [6.07, 6.45) is -2.49. The smallest absolute Gasteiger partial charge is 0.320 e. The highest BCUT2D eigenvalue weighted by atomic mass is 32.1. The second-order valence-corrected chi connectivity index (χ2v) is 6.63. The highest BCUT2D eigenvalue weighted by Crippen LogP contribution is 2.34. The van der Waals surface area contributed by atoms with Crippen molar-refractivity contribution in [3.8, 4) is 23.1 Å². The van der Waals surface area contributed by atoms with E-state index in [9.17, 15) is 13.2 Å². The molecule has 0 aliphatic rings. The zero-order valence-electron chi connectivity index (χ0n) is 14.2. The van der Waals surface area contributed by atoms with Gasteiger partial charge in [-0.25, -0.2) is 0 Å². The predicted octanol–water partition coefficient (Wildman–Crippen LogP) is 5.33. The molecule has 3 rings (SSSR count). The summed E-state index contributed by atoms with van der Waals surface area (Å²) in [4.78, 5) is 0. The molecule has 0 aliphatic heterocycles. The Morgan fingerprint density at radius 1 is 1.12 bits per heavy atom. The van der Waals surface area contributed by atoms with Gasteiger partial charge in [0, 0.05) is 22.9 Å². The summed E-state index contributed by atoms with van der Waals surface area (Å²) in [5.41, 5.74) is 1.64. The Kier molecular flexibility index (Phi) is 5.60. The molecule has 0 spiro atoms. The van der Waals surface area contributed by atoms with Crippen LogP contribution in [0.25, 0.3) is 21.3 Å². The number of hydrogen-bond donors (Lipinski definition) is 1. The zero-order chi connectivity index (χ0) is 18.6. The molecule has 0 aliphatic carbocycles. The van der Waals surface area contributed by atoms with E-state index in [2.05, 4.69) is 21.5 Å². The average molecular weight is 374 g/mol. The molecule has 3 aromatic rings. The summed E-state index contributed by atoms with van der Waals surface area (Å²) in [6.45, 7) is 0.944. The third-order valence-corrected chi connectivity index (χ3v) is 4.73. The summed E-state index contributed by atoms with van der Waals surface area (Å²) in [7, 11) is 1.92. The van der Waals surface area contributed by atoms with Gasteiger partial charge in [0.25, 0.3) is 0 Å². The lowest BCUT2D eigenvalue weighted by Crippen LogP contribution is -2.06. The molecule has 26 heavy (non-hydrogen) atoms. The fourth-order valence-corrected chi connectivity index (χ4v) is 3.39. The molecule has 0 radical (unpaired) electrons. The first-order chi connectivity index (χ1) is 12.5. The first-order valence-corrected chi connectivity index (χ1v) is 8.97. The maximum Gasteiger partial charge on any atom is 0.416 e. The Balaban J connectivity index is 1.83. The number of nitrogens with zero attached hydrogens (tertiary/aromatic N) is 1. The first kappa shape index (κ1) is 18.4.